The van der Waals surface area contributed by atoms with Crippen LogP contribution in [0.5, 0.6) is 0 Å². The van der Waals surface area contributed by atoms with Gasteiger partial charge in [-0.2, -0.15) is 17.9 Å². The van der Waals surface area contributed by atoms with Gasteiger partial charge in [-0.05, 0) is 61.0 Å². The Labute approximate surface area is 238 Å². The maximum Gasteiger partial charge on any atom is 0.395 e. The molecule has 2 aromatic heterocycles. The SMILES string of the molecule is CCn1c(COCc2ccccc2)nn(-c2cc3c([C@@H](C)C(F)(F)F)cn(-c4ccccc4C)c(=O)c3cc2F)c1=O. The number of hydrogen-bond donors (Lipinski definition) is 0. The number of benzene rings is 3. The predicted octanol–water partition coefficient (Wildman–Crippen LogP) is 6.19. The average Bonchev–Trinajstić information content (AvgIpc) is 3.28. The Morgan fingerprint density at radius 3 is 2.29 bits per heavy atom. The molecule has 5 rings (SSSR count). The summed E-state index contributed by atoms with van der Waals surface area (Å²) in [6, 6.07) is 18.0. The fraction of sp³-hybridized carbons (Fsp3) is 0.258. The lowest BCUT2D eigenvalue weighted by molar-refractivity contribution is -0.146. The Morgan fingerprint density at radius 2 is 1.62 bits per heavy atom. The van der Waals surface area contributed by atoms with Gasteiger partial charge in [0.15, 0.2) is 5.82 Å². The van der Waals surface area contributed by atoms with Crippen molar-refractivity contribution in [1.29, 1.82) is 0 Å². The van der Waals surface area contributed by atoms with Gasteiger partial charge in [-0.15, -0.1) is 5.10 Å². The molecule has 11 heteroatoms. The minimum absolute atomic E-state index is 0.0579. The number of para-hydroxylation sites is 1. The van der Waals surface area contributed by atoms with Gasteiger partial charge >= 0.3 is 11.9 Å². The van der Waals surface area contributed by atoms with E-state index in [-0.39, 0.29) is 47.6 Å². The molecule has 1 atom stereocenters. The zero-order chi connectivity index (χ0) is 30.2. The van der Waals surface area contributed by atoms with Crippen molar-refractivity contribution in [2.24, 2.45) is 0 Å². The molecule has 42 heavy (non-hydrogen) atoms. The molecular formula is C31H28F4N4O3. The lowest BCUT2D eigenvalue weighted by Crippen LogP contribution is -2.26. The molecule has 3 aromatic carbocycles. The number of hydrogen-bond acceptors (Lipinski definition) is 4. The lowest BCUT2D eigenvalue weighted by Gasteiger charge is -2.21. The molecule has 0 aliphatic heterocycles. The van der Waals surface area contributed by atoms with E-state index in [4.69, 9.17) is 4.74 Å². The number of fused-ring (bicyclic) bond motifs is 1. The van der Waals surface area contributed by atoms with Gasteiger partial charge in [-0.1, -0.05) is 48.5 Å². The molecule has 7 nitrogen and oxygen atoms in total. The van der Waals surface area contributed by atoms with Gasteiger partial charge in [-0.3, -0.25) is 13.9 Å². The highest BCUT2D eigenvalue weighted by atomic mass is 19.4. The molecule has 0 unspecified atom stereocenters. The van der Waals surface area contributed by atoms with Crippen molar-refractivity contribution >= 4 is 10.8 Å². The van der Waals surface area contributed by atoms with E-state index >= 15 is 4.39 Å². The minimum Gasteiger partial charge on any atom is -0.369 e. The second-order valence-corrected chi connectivity index (χ2v) is 9.99. The summed E-state index contributed by atoms with van der Waals surface area (Å²) in [5, 5.41) is 3.90. The first-order chi connectivity index (χ1) is 20.0. The summed E-state index contributed by atoms with van der Waals surface area (Å²) in [6.07, 6.45) is -3.51. The zero-order valence-electron chi connectivity index (χ0n) is 23.2. The van der Waals surface area contributed by atoms with E-state index in [1.807, 2.05) is 30.3 Å². The summed E-state index contributed by atoms with van der Waals surface area (Å²) in [5.74, 6) is -2.76. The normalized spacial score (nSPS) is 12.6. The molecule has 0 saturated carbocycles. The minimum atomic E-state index is -4.65. The Bertz CT molecular complexity index is 1870. The van der Waals surface area contributed by atoms with Crippen molar-refractivity contribution in [2.45, 2.75) is 52.6 Å². The second-order valence-electron chi connectivity index (χ2n) is 9.99. The molecule has 0 aliphatic carbocycles. The van der Waals surface area contributed by atoms with Gasteiger partial charge in [0, 0.05) is 12.7 Å². The van der Waals surface area contributed by atoms with E-state index in [0.29, 0.717) is 11.3 Å². The van der Waals surface area contributed by atoms with E-state index in [2.05, 4.69) is 5.10 Å². The summed E-state index contributed by atoms with van der Waals surface area (Å²) >= 11 is 0. The van der Waals surface area contributed by atoms with E-state index < -0.39 is 29.2 Å². The molecule has 0 fully saturated rings. The van der Waals surface area contributed by atoms with Gasteiger partial charge in [0.05, 0.1) is 23.6 Å². The Morgan fingerprint density at radius 1 is 0.929 bits per heavy atom. The fourth-order valence-electron chi connectivity index (χ4n) is 4.92. The molecule has 0 N–H and O–H groups in total. The molecule has 0 saturated heterocycles. The van der Waals surface area contributed by atoms with Crippen LogP contribution >= 0.6 is 0 Å². The van der Waals surface area contributed by atoms with Crippen LogP contribution in [0, 0.1) is 12.7 Å². The maximum atomic E-state index is 15.7. The van der Waals surface area contributed by atoms with Crippen molar-refractivity contribution in [3.8, 4) is 11.4 Å². The first-order valence-electron chi connectivity index (χ1n) is 13.3. The van der Waals surface area contributed by atoms with Gasteiger partial charge in [0.25, 0.3) is 5.56 Å². The summed E-state index contributed by atoms with van der Waals surface area (Å²) in [4.78, 5) is 26.8. The van der Waals surface area contributed by atoms with Gasteiger partial charge in [0.1, 0.15) is 18.1 Å². The largest absolute Gasteiger partial charge is 0.395 e. The Balaban J connectivity index is 1.66. The van der Waals surface area contributed by atoms with Crippen molar-refractivity contribution in [3.63, 3.8) is 0 Å². The molecule has 5 aromatic rings. The van der Waals surface area contributed by atoms with Crippen LogP contribution in [0.4, 0.5) is 17.6 Å². The number of aryl methyl sites for hydroxylation is 1. The molecule has 0 amide bonds. The number of nitrogens with zero attached hydrogens (tertiary/aromatic N) is 4. The van der Waals surface area contributed by atoms with Crippen molar-refractivity contribution in [2.75, 3.05) is 0 Å². The highest BCUT2D eigenvalue weighted by Crippen LogP contribution is 2.38. The third kappa shape index (κ3) is 5.39. The van der Waals surface area contributed by atoms with Gasteiger partial charge in [-0.25, -0.2) is 9.18 Å². The van der Waals surface area contributed by atoms with Crippen LogP contribution in [0.3, 0.4) is 0 Å². The Hall–Kier alpha value is -4.51. The monoisotopic (exact) mass is 580 g/mol. The third-order valence-corrected chi connectivity index (χ3v) is 7.27. The molecule has 2 heterocycles. The first kappa shape index (κ1) is 29.0. The molecular weight excluding hydrogens is 552 g/mol. The molecule has 0 spiro atoms. The number of aromatic nitrogens is 4. The highest BCUT2D eigenvalue weighted by Gasteiger charge is 2.39. The lowest BCUT2D eigenvalue weighted by atomic mass is 9.95. The van der Waals surface area contributed by atoms with Crippen LogP contribution < -0.4 is 11.2 Å². The van der Waals surface area contributed by atoms with E-state index in [1.165, 1.54) is 4.57 Å². The standard InChI is InChI=1S/C31H28F4N4O3/c1-4-37-28(18-42-17-21-11-6-5-7-12-21)36-39(30(37)41)27-15-22-23(14-25(27)32)29(40)38(26-13-9-8-10-19(26)2)16-24(22)20(3)31(33,34)35/h5-16,20H,4,17-18H2,1-3H3/t20-/m1/s1. The topological polar surface area (TPSA) is 71.0 Å². The number of halogens is 4. The molecule has 0 aliphatic rings. The van der Waals surface area contributed by atoms with E-state index in [1.54, 1.807) is 38.1 Å². The number of alkyl halides is 3. The van der Waals surface area contributed by atoms with E-state index in [0.717, 1.165) is 40.1 Å². The highest BCUT2D eigenvalue weighted by molar-refractivity contribution is 5.88. The Kier molecular flexibility index (Phi) is 7.87. The molecule has 0 bridgehead atoms. The predicted molar refractivity (Wildman–Crippen MR) is 151 cm³/mol. The summed E-state index contributed by atoms with van der Waals surface area (Å²) in [6.45, 7) is 4.81. The quantitative estimate of drug-likeness (QED) is 0.205. The number of ether oxygens (including phenoxy) is 1. The molecule has 0 radical (unpaired) electrons. The van der Waals surface area contributed by atoms with Gasteiger partial charge < -0.3 is 4.74 Å². The van der Waals surface area contributed by atoms with Crippen LogP contribution in [0.1, 0.15) is 42.3 Å². The zero-order valence-corrected chi connectivity index (χ0v) is 23.2. The summed E-state index contributed by atoms with van der Waals surface area (Å²) in [7, 11) is 0. The molecule has 218 valence electrons. The average molecular weight is 581 g/mol. The summed E-state index contributed by atoms with van der Waals surface area (Å²) in [5.41, 5.74) is -0.0471. The van der Waals surface area contributed by atoms with Gasteiger partial charge in [0.2, 0.25) is 0 Å². The fourth-order valence-corrected chi connectivity index (χ4v) is 4.92. The van der Waals surface area contributed by atoms with Crippen LogP contribution in [0.2, 0.25) is 0 Å². The summed E-state index contributed by atoms with van der Waals surface area (Å²) < 4.78 is 66.7. The maximum absolute atomic E-state index is 15.7. The number of pyridine rings is 1. The van der Waals surface area contributed by atoms with Crippen molar-refractivity contribution < 1.29 is 22.3 Å². The first-order valence-corrected chi connectivity index (χ1v) is 13.3. The van der Waals surface area contributed by atoms with Crippen LogP contribution in [-0.4, -0.2) is 25.1 Å². The third-order valence-electron chi connectivity index (χ3n) is 7.27. The number of rotatable bonds is 8. The van der Waals surface area contributed by atoms with Crippen molar-refractivity contribution in [3.05, 3.63) is 122 Å². The van der Waals surface area contributed by atoms with Crippen molar-refractivity contribution in [1.82, 2.24) is 18.9 Å². The van der Waals surface area contributed by atoms with Crippen LogP contribution in [0.25, 0.3) is 22.1 Å². The van der Waals surface area contributed by atoms with Crippen LogP contribution in [-0.2, 0) is 24.5 Å². The smallest absolute Gasteiger partial charge is 0.369 e. The second kappa shape index (κ2) is 11.4. The van der Waals surface area contributed by atoms with E-state index in [9.17, 15) is 22.8 Å². The van der Waals surface area contributed by atoms with Crippen LogP contribution in [0.15, 0.2) is 82.5 Å².